The van der Waals surface area contributed by atoms with Crippen molar-refractivity contribution in [3.05, 3.63) is 22.3 Å². The van der Waals surface area contributed by atoms with Crippen LogP contribution >= 0.6 is 0 Å². The minimum absolute atomic E-state index is 0.000832. The van der Waals surface area contributed by atoms with Gasteiger partial charge < -0.3 is 79.3 Å². The number of nitrogens with zero attached hydrogens (tertiary/aromatic N) is 6. The number of hydrogen-bond donors (Lipinski definition) is 6. The summed E-state index contributed by atoms with van der Waals surface area (Å²) in [7, 11) is 4.59. The average molecular weight is 2050 g/mol. The van der Waals surface area contributed by atoms with Gasteiger partial charge in [-0.15, -0.1) is 5.10 Å². The van der Waals surface area contributed by atoms with E-state index in [1.807, 2.05) is 0 Å². The van der Waals surface area contributed by atoms with Gasteiger partial charge in [-0.25, -0.2) is 14.3 Å². The minimum Gasteiger partial charge on any atom is -0.460 e. The van der Waals surface area contributed by atoms with Crippen molar-refractivity contribution in [2.75, 3.05) is 107 Å². The van der Waals surface area contributed by atoms with Crippen molar-refractivity contribution in [3.63, 3.8) is 0 Å². The van der Waals surface area contributed by atoms with E-state index < -0.39 is 70.2 Å². The molecule has 0 fully saturated rings. The number of esters is 4. The van der Waals surface area contributed by atoms with Gasteiger partial charge in [0.15, 0.2) is 0 Å². The SMILES string of the molecule is CCCCCCCCCCCCCCCC(=O)N[C@@H](CCC(=O)C[C@@H](CCC(=O)NC)C(=O)OC(C)(C)C)C(=O)OC(C)(C)C.CCCCCCCCCCCCCCCC(=O)N[C@@H](CCC(=O)C[C@@H](CCC(=O)NCc1cn(CCOCCC(=O)CCC(=O)CCC(=O)CCC(=O)CCC(=O)NC)nn1)C(=O)OC(C)(C)C)C(=O)OC(C)(C)C.CNC(=O)CCOCCOCCOCCOCCOCCN=[N+]=[N-]. The molecule has 0 saturated heterocycles. The lowest BCUT2D eigenvalue weighted by molar-refractivity contribution is -0.162. The quantitative estimate of drug-likeness (QED) is 0.00881. The number of carbonyl (C=O) groups is 16. The molecule has 0 aromatic carbocycles. The summed E-state index contributed by atoms with van der Waals surface area (Å²) >= 11 is 0. The standard InChI is InChI=1S/C56H94N6O13.C36H66N2O7.C14H28N4O6/c1-9-10-11-12-13-14-15-16-17-18-19-20-21-22-52(70)59-49(54(72)75-56(5,6)7)32-30-48(67)39-42(53(71)74-55(2,3)4)23-33-51(69)58-40-43-41-62(61-60-43)36-38-73-37-35-47(66)29-28-45(64)25-24-44(63)26-27-46(65)31-34-50(68)57-8;1-9-10-11-12-13-14-15-16-17-18-19-20-21-22-32(41)38-30(34(43)45-36(5,6)7)25-24-29(39)27-28(23-26-31(40)37-8)33(42)44-35(2,3)4;1-16-14(19)2-4-20-6-8-22-10-12-24-13-11-23-9-7-21-5-3-17-18-15/h41-42,49H,9-40H2,1-8H3,(H,57,68)(H,58,69)(H,59,70);28,30H,9-27H2,1-8H3,(H,37,40)(H,38,41);2-13H2,1H3,(H,16,19)/t42-,49+;28-,30+;/m11./s1. The van der Waals surface area contributed by atoms with Crippen LogP contribution in [0.4, 0.5) is 0 Å². The first-order valence-electron chi connectivity index (χ1n) is 53.2. The van der Waals surface area contributed by atoms with Crippen molar-refractivity contribution < 1.29 is 124 Å². The normalized spacial score (nSPS) is 12.2. The lowest BCUT2D eigenvalue weighted by Crippen LogP contribution is -2.44. The smallest absolute Gasteiger partial charge is 0.329 e. The van der Waals surface area contributed by atoms with Crippen molar-refractivity contribution in [3.8, 4) is 0 Å². The van der Waals surface area contributed by atoms with E-state index in [1.165, 1.54) is 141 Å². The number of nitrogens with one attached hydrogen (secondary N) is 6. The molecule has 38 nitrogen and oxygen atoms in total. The van der Waals surface area contributed by atoms with Gasteiger partial charge in [-0.2, -0.15) is 0 Å². The van der Waals surface area contributed by atoms with Crippen molar-refractivity contribution in [1.82, 2.24) is 46.9 Å². The Hall–Kier alpha value is -9.07. The molecule has 1 aromatic heterocycles. The first-order chi connectivity index (χ1) is 68.4. The van der Waals surface area contributed by atoms with Gasteiger partial charge in [0, 0.05) is 148 Å². The van der Waals surface area contributed by atoms with Gasteiger partial charge >= 0.3 is 23.9 Å². The largest absolute Gasteiger partial charge is 0.460 e. The molecule has 1 rings (SSSR count). The predicted molar refractivity (Wildman–Crippen MR) is 550 cm³/mol. The topological polar surface area (TPSA) is 517 Å². The average Bonchev–Trinajstić information content (AvgIpc) is 1.06. The van der Waals surface area contributed by atoms with Crippen LogP contribution in [0.1, 0.15) is 411 Å². The zero-order valence-electron chi connectivity index (χ0n) is 91.2. The predicted octanol–water partition coefficient (Wildman–Crippen LogP) is 16.3. The summed E-state index contributed by atoms with van der Waals surface area (Å²) in [6, 6.07) is -2.01. The summed E-state index contributed by atoms with van der Waals surface area (Å²) in [6.45, 7) is 30.9. The summed E-state index contributed by atoms with van der Waals surface area (Å²) in [5.41, 5.74) is 5.38. The lowest BCUT2D eigenvalue weighted by atomic mass is 9.94. The van der Waals surface area contributed by atoms with Gasteiger partial charge in [0.05, 0.1) is 110 Å². The monoisotopic (exact) mass is 2050 g/mol. The summed E-state index contributed by atoms with van der Waals surface area (Å²) in [5, 5.41) is 27.3. The molecular formula is C106H188N12O26. The van der Waals surface area contributed by atoms with Crippen LogP contribution in [0, 0.1) is 11.8 Å². The second-order valence-corrected chi connectivity index (χ2v) is 40.4. The third kappa shape index (κ3) is 89.3. The van der Waals surface area contributed by atoms with Crippen molar-refractivity contribution >= 4 is 94.0 Å². The number of carbonyl (C=O) groups excluding carboxylic acids is 16. The van der Waals surface area contributed by atoms with E-state index in [1.54, 1.807) is 96.3 Å². The molecule has 0 aliphatic heterocycles. The molecule has 0 unspecified atom stereocenters. The number of azide groups is 1. The van der Waals surface area contributed by atoms with Crippen LogP contribution in [0.2, 0.25) is 0 Å². The molecule has 0 bridgehead atoms. The van der Waals surface area contributed by atoms with E-state index in [2.05, 4.69) is 66.1 Å². The number of amides is 6. The fraction of sp³-hybridized carbons (Fsp3) is 0.830. The Bertz CT molecular complexity index is 3790. The number of ether oxygens (including phenoxy) is 10. The Balaban J connectivity index is 0. The van der Waals surface area contributed by atoms with Crippen LogP contribution in [0.15, 0.2) is 11.3 Å². The van der Waals surface area contributed by atoms with E-state index in [0.717, 1.165) is 38.5 Å². The molecule has 144 heavy (non-hydrogen) atoms. The maximum Gasteiger partial charge on any atom is 0.329 e. The second kappa shape index (κ2) is 87.0. The van der Waals surface area contributed by atoms with Crippen LogP contribution in [0.5, 0.6) is 0 Å². The van der Waals surface area contributed by atoms with Crippen LogP contribution in [0.25, 0.3) is 10.4 Å². The van der Waals surface area contributed by atoms with Crippen LogP contribution in [-0.2, 0) is 137 Å². The molecule has 828 valence electrons. The van der Waals surface area contributed by atoms with Crippen LogP contribution in [0.3, 0.4) is 0 Å². The van der Waals surface area contributed by atoms with Crippen molar-refractivity contribution in [2.45, 2.75) is 453 Å². The second-order valence-electron chi connectivity index (χ2n) is 40.4. The van der Waals surface area contributed by atoms with Gasteiger partial charge in [-0.1, -0.05) is 178 Å². The molecule has 6 amide bonds. The summed E-state index contributed by atoms with van der Waals surface area (Å²) in [6.07, 6.45) is 33.9. The zero-order chi connectivity index (χ0) is 108. The Labute approximate surface area is 859 Å². The van der Waals surface area contributed by atoms with Crippen LogP contribution < -0.4 is 31.9 Å². The summed E-state index contributed by atoms with van der Waals surface area (Å²) < 4.78 is 55.6. The van der Waals surface area contributed by atoms with E-state index in [0.29, 0.717) is 104 Å². The van der Waals surface area contributed by atoms with Gasteiger partial charge in [-0.05, 0) is 127 Å². The van der Waals surface area contributed by atoms with Crippen LogP contribution in [-0.4, -0.2) is 250 Å². The Morgan fingerprint density at radius 1 is 0.326 bits per heavy atom. The van der Waals surface area contributed by atoms with Gasteiger partial charge in [0.1, 0.15) is 74.9 Å². The first kappa shape index (κ1) is 137. The first-order valence-corrected chi connectivity index (χ1v) is 53.2. The third-order valence-corrected chi connectivity index (χ3v) is 22.3. The van der Waals surface area contributed by atoms with Crippen molar-refractivity contribution in [1.29, 1.82) is 0 Å². The molecular weight excluding hydrogens is 1860 g/mol. The Kier molecular flexibility index (Phi) is 82.8. The lowest BCUT2D eigenvalue weighted by Gasteiger charge is -2.25. The molecule has 6 N–H and O–H groups in total. The highest BCUT2D eigenvalue weighted by molar-refractivity contribution is 5.92. The third-order valence-electron chi connectivity index (χ3n) is 22.3. The van der Waals surface area contributed by atoms with E-state index in [4.69, 9.17) is 52.9 Å². The van der Waals surface area contributed by atoms with E-state index >= 15 is 0 Å². The molecule has 0 spiro atoms. The molecule has 0 aliphatic carbocycles. The number of unbranched alkanes of at least 4 members (excludes halogenated alkanes) is 24. The fourth-order valence-electron chi connectivity index (χ4n) is 14.2. The van der Waals surface area contributed by atoms with Gasteiger partial charge in [0.25, 0.3) is 0 Å². The van der Waals surface area contributed by atoms with Gasteiger partial charge in [0.2, 0.25) is 35.4 Å². The number of rotatable bonds is 88. The number of Topliss-reactive ketones (excluding diaryl/α,β-unsaturated/α-hetero) is 6. The molecule has 4 atom stereocenters. The Morgan fingerprint density at radius 3 is 0.979 bits per heavy atom. The molecule has 1 heterocycles. The fourth-order valence-corrected chi connectivity index (χ4v) is 14.2. The van der Waals surface area contributed by atoms with Gasteiger partial charge in [-0.3, -0.25) is 67.1 Å². The van der Waals surface area contributed by atoms with E-state index in [-0.39, 0.29) is 218 Å². The highest BCUT2D eigenvalue weighted by Gasteiger charge is 2.34. The molecule has 1 aromatic rings. The summed E-state index contributed by atoms with van der Waals surface area (Å²) in [4.78, 5) is 202. The Morgan fingerprint density at radius 2 is 0.625 bits per heavy atom. The minimum atomic E-state index is -1.05. The number of ketones is 6. The molecule has 0 aliphatic rings. The molecule has 38 heteroatoms. The summed E-state index contributed by atoms with van der Waals surface area (Å²) in [5.74, 6) is -6.85. The molecule has 0 radical (unpaired) electrons. The highest BCUT2D eigenvalue weighted by Crippen LogP contribution is 2.25. The maximum atomic E-state index is 13.4. The zero-order valence-corrected chi connectivity index (χ0v) is 91.2. The number of aromatic nitrogens is 3. The van der Waals surface area contributed by atoms with Crippen molar-refractivity contribution in [2.24, 2.45) is 17.0 Å². The maximum absolute atomic E-state index is 13.4. The van der Waals surface area contributed by atoms with E-state index in [9.17, 15) is 76.7 Å². The molecule has 0 saturated carbocycles. The highest BCUT2D eigenvalue weighted by atomic mass is 16.6. The number of hydrogen-bond acceptors (Lipinski definition) is 29.